The molecule has 9 heteroatoms. The number of hydrogen-bond acceptors (Lipinski definition) is 5. The van der Waals surface area contributed by atoms with Gasteiger partial charge in [0.05, 0.1) is 19.1 Å². The lowest BCUT2D eigenvalue weighted by molar-refractivity contribution is -0.140. The van der Waals surface area contributed by atoms with E-state index in [0.29, 0.717) is 17.9 Å². The van der Waals surface area contributed by atoms with Gasteiger partial charge in [0, 0.05) is 18.0 Å². The minimum absolute atomic E-state index is 0.104. The molecule has 0 unspecified atom stereocenters. The van der Waals surface area contributed by atoms with Gasteiger partial charge >= 0.3 is 0 Å². The van der Waals surface area contributed by atoms with Crippen molar-refractivity contribution in [1.29, 1.82) is 0 Å². The molecule has 3 aromatic rings. The smallest absolute Gasteiger partial charge is 0.244 e. The van der Waals surface area contributed by atoms with Gasteiger partial charge in [0.2, 0.25) is 21.8 Å². The number of carbonyl (C=O) groups is 2. The monoisotopic (exact) mass is 551 g/mol. The Hall–Kier alpha value is -3.59. The summed E-state index contributed by atoms with van der Waals surface area (Å²) in [4.78, 5) is 28.9. The van der Waals surface area contributed by atoms with Crippen molar-refractivity contribution in [3.63, 3.8) is 0 Å². The van der Waals surface area contributed by atoms with Gasteiger partial charge in [-0.15, -0.1) is 0 Å². The normalized spacial score (nSPS) is 14.6. The Morgan fingerprint density at radius 1 is 1.00 bits per heavy atom. The Bertz CT molecular complexity index is 1400. The standard InChI is InChI=1S/C30H37N3O5S/c1-4-27(30(35)31-24-12-6-7-13-24)32(20-22-16-18-25(38-2)19-17-22)29(34)21-33(39(3,36)37)28-15-9-11-23-10-5-8-14-26(23)28/h5,8-11,14-19,24,27H,4,6-7,12-13,20-21H2,1-3H3,(H,31,35)/t27-/m1/s1. The second-order valence-corrected chi connectivity index (χ2v) is 12.0. The minimum atomic E-state index is -3.82. The summed E-state index contributed by atoms with van der Waals surface area (Å²) >= 11 is 0. The van der Waals surface area contributed by atoms with Crippen LogP contribution in [0.25, 0.3) is 10.8 Å². The highest BCUT2D eigenvalue weighted by Crippen LogP contribution is 2.29. The van der Waals surface area contributed by atoms with Crippen molar-refractivity contribution in [2.75, 3.05) is 24.2 Å². The van der Waals surface area contributed by atoms with E-state index in [-0.39, 0.29) is 18.5 Å². The predicted molar refractivity (Wildman–Crippen MR) is 154 cm³/mol. The zero-order chi connectivity index (χ0) is 28.0. The van der Waals surface area contributed by atoms with Crippen LogP contribution in [0.4, 0.5) is 5.69 Å². The van der Waals surface area contributed by atoms with Gasteiger partial charge in [-0.2, -0.15) is 0 Å². The number of nitrogens with zero attached hydrogens (tertiary/aromatic N) is 2. The predicted octanol–water partition coefficient (Wildman–Crippen LogP) is 4.48. The van der Waals surface area contributed by atoms with E-state index in [1.54, 1.807) is 31.4 Å². The van der Waals surface area contributed by atoms with E-state index in [9.17, 15) is 18.0 Å². The number of rotatable bonds is 11. The summed E-state index contributed by atoms with van der Waals surface area (Å²) in [6.07, 6.45) is 5.50. The Morgan fingerprint density at radius 3 is 2.31 bits per heavy atom. The van der Waals surface area contributed by atoms with Gasteiger partial charge in [0.1, 0.15) is 18.3 Å². The molecule has 1 aliphatic rings. The molecule has 1 fully saturated rings. The van der Waals surface area contributed by atoms with Crippen molar-refractivity contribution < 1.29 is 22.7 Å². The molecule has 0 aliphatic heterocycles. The molecule has 0 saturated heterocycles. The molecule has 4 rings (SSSR count). The number of fused-ring (bicyclic) bond motifs is 1. The van der Waals surface area contributed by atoms with Crippen LogP contribution in [0.2, 0.25) is 0 Å². The van der Waals surface area contributed by atoms with Crippen LogP contribution in [0.15, 0.2) is 66.7 Å². The number of ether oxygens (including phenoxy) is 1. The first-order chi connectivity index (χ1) is 18.7. The zero-order valence-corrected chi connectivity index (χ0v) is 23.6. The summed E-state index contributed by atoms with van der Waals surface area (Å²) in [7, 11) is -2.24. The summed E-state index contributed by atoms with van der Waals surface area (Å²) in [6, 6.07) is 19.5. The van der Waals surface area contributed by atoms with Crippen LogP contribution >= 0.6 is 0 Å². The third-order valence-electron chi connectivity index (χ3n) is 7.31. The average Bonchev–Trinajstić information content (AvgIpc) is 3.44. The second-order valence-electron chi connectivity index (χ2n) is 10.1. The molecule has 0 radical (unpaired) electrons. The minimum Gasteiger partial charge on any atom is -0.497 e. The highest BCUT2D eigenvalue weighted by molar-refractivity contribution is 7.92. The largest absolute Gasteiger partial charge is 0.497 e. The first-order valence-electron chi connectivity index (χ1n) is 13.4. The molecule has 39 heavy (non-hydrogen) atoms. The van der Waals surface area contributed by atoms with E-state index in [1.807, 2.05) is 49.4 Å². The number of hydrogen-bond donors (Lipinski definition) is 1. The fourth-order valence-electron chi connectivity index (χ4n) is 5.24. The maximum Gasteiger partial charge on any atom is 0.244 e. The van der Waals surface area contributed by atoms with E-state index in [4.69, 9.17) is 4.74 Å². The lowest BCUT2D eigenvalue weighted by atomic mass is 10.1. The molecular weight excluding hydrogens is 514 g/mol. The number of nitrogens with one attached hydrogen (secondary N) is 1. The number of methoxy groups -OCH3 is 1. The molecule has 1 atom stereocenters. The van der Waals surface area contributed by atoms with Crippen molar-refractivity contribution >= 4 is 38.3 Å². The number of carbonyl (C=O) groups excluding carboxylic acids is 2. The first kappa shape index (κ1) is 28.4. The molecule has 1 N–H and O–H groups in total. The summed E-state index contributed by atoms with van der Waals surface area (Å²) < 4.78 is 32.5. The summed E-state index contributed by atoms with van der Waals surface area (Å²) in [6.45, 7) is 1.61. The van der Waals surface area contributed by atoms with Crippen molar-refractivity contribution in [3.05, 3.63) is 72.3 Å². The molecule has 0 aromatic heterocycles. The lowest BCUT2D eigenvalue weighted by Gasteiger charge is -2.33. The Labute approximate surface area is 231 Å². The zero-order valence-electron chi connectivity index (χ0n) is 22.8. The molecule has 0 heterocycles. The van der Waals surface area contributed by atoms with Crippen LogP contribution in [0.3, 0.4) is 0 Å². The third-order valence-corrected chi connectivity index (χ3v) is 8.44. The van der Waals surface area contributed by atoms with Crippen LogP contribution in [0.5, 0.6) is 5.75 Å². The van der Waals surface area contributed by atoms with Crippen molar-refractivity contribution in [2.45, 2.75) is 57.7 Å². The fourth-order valence-corrected chi connectivity index (χ4v) is 6.10. The maximum atomic E-state index is 14.0. The van der Waals surface area contributed by atoms with Crippen molar-refractivity contribution in [1.82, 2.24) is 10.2 Å². The van der Waals surface area contributed by atoms with E-state index in [2.05, 4.69) is 5.32 Å². The number of amides is 2. The maximum absolute atomic E-state index is 14.0. The number of sulfonamides is 1. The van der Waals surface area contributed by atoms with Crippen LogP contribution in [0.1, 0.15) is 44.6 Å². The fraction of sp³-hybridized carbons (Fsp3) is 0.400. The molecule has 3 aromatic carbocycles. The van der Waals surface area contributed by atoms with Crippen LogP contribution < -0.4 is 14.4 Å². The van der Waals surface area contributed by atoms with Gasteiger partial charge in [-0.25, -0.2) is 8.42 Å². The number of benzene rings is 3. The van der Waals surface area contributed by atoms with Gasteiger partial charge in [-0.1, -0.05) is 68.3 Å². The van der Waals surface area contributed by atoms with Crippen molar-refractivity contribution in [2.24, 2.45) is 0 Å². The van der Waals surface area contributed by atoms with E-state index in [0.717, 1.165) is 52.6 Å². The molecule has 0 bridgehead atoms. The summed E-state index contributed by atoms with van der Waals surface area (Å²) in [5.41, 5.74) is 1.24. The first-order valence-corrected chi connectivity index (χ1v) is 15.2. The van der Waals surface area contributed by atoms with Gasteiger partial charge in [-0.3, -0.25) is 13.9 Å². The molecule has 8 nitrogen and oxygen atoms in total. The molecule has 208 valence electrons. The quantitative estimate of drug-likeness (QED) is 0.379. The van der Waals surface area contributed by atoms with Gasteiger partial charge in [0.25, 0.3) is 0 Å². The van der Waals surface area contributed by atoms with Crippen LogP contribution in [-0.4, -0.2) is 57.1 Å². The third kappa shape index (κ3) is 6.89. The highest BCUT2D eigenvalue weighted by atomic mass is 32.2. The molecule has 1 aliphatic carbocycles. The number of anilines is 1. The molecule has 2 amide bonds. The van der Waals surface area contributed by atoms with E-state index < -0.39 is 28.5 Å². The van der Waals surface area contributed by atoms with E-state index >= 15 is 0 Å². The van der Waals surface area contributed by atoms with Crippen molar-refractivity contribution in [3.8, 4) is 5.75 Å². The average molecular weight is 552 g/mol. The molecular formula is C30H37N3O5S. The summed E-state index contributed by atoms with van der Waals surface area (Å²) in [5.74, 6) is 0.0294. The molecule has 1 saturated carbocycles. The highest BCUT2D eigenvalue weighted by Gasteiger charge is 2.33. The van der Waals surface area contributed by atoms with Gasteiger partial charge < -0.3 is 15.0 Å². The lowest BCUT2D eigenvalue weighted by Crippen LogP contribution is -2.53. The topological polar surface area (TPSA) is 96.0 Å². The molecule has 0 spiro atoms. The SMILES string of the molecule is CC[C@H](C(=O)NC1CCCC1)N(Cc1ccc(OC)cc1)C(=O)CN(c1cccc2ccccc12)S(C)(=O)=O. The van der Waals surface area contributed by atoms with Gasteiger partial charge in [0.15, 0.2) is 0 Å². The van der Waals surface area contributed by atoms with Crippen LogP contribution in [0, 0.1) is 0 Å². The van der Waals surface area contributed by atoms with Crippen LogP contribution in [-0.2, 0) is 26.2 Å². The van der Waals surface area contributed by atoms with Gasteiger partial charge in [-0.05, 0) is 48.4 Å². The van der Waals surface area contributed by atoms with E-state index in [1.165, 1.54) is 4.90 Å². The Morgan fingerprint density at radius 2 is 1.67 bits per heavy atom. The Balaban J connectivity index is 1.68. The Kier molecular flexibility index (Phi) is 9.12. The summed E-state index contributed by atoms with van der Waals surface area (Å²) in [5, 5.41) is 4.72. The second kappa shape index (κ2) is 12.5.